The van der Waals surface area contributed by atoms with Gasteiger partial charge in [-0.15, -0.1) is 0 Å². The highest BCUT2D eigenvalue weighted by Crippen LogP contribution is 2.36. The first-order chi connectivity index (χ1) is 11.2. The van der Waals surface area contributed by atoms with Crippen LogP contribution in [-0.4, -0.2) is 49.1 Å². The van der Waals surface area contributed by atoms with E-state index in [9.17, 15) is 0 Å². The second-order valence-electron chi connectivity index (χ2n) is 7.06. The van der Waals surface area contributed by atoms with E-state index in [4.69, 9.17) is 10.5 Å². The Morgan fingerprint density at radius 3 is 2.74 bits per heavy atom. The Morgan fingerprint density at radius 1 is 1.26 bits per heavy atom. The molecule has 1 fully saturated rings. The number of hydrogen-bond donors (Lipinski definition) is 1. The lowest BCUT2D eigenvalue weighted by Gasteiger charge is -2.29. The zero-order valence-corrected chi connectivity index (χ0v) is 14.6. The molecule has 0 radical (unpaired) electrons. The van der Waals surface area contributed by atoms with Gasteiger partial charge in [0.25, 0.3) is 0 Å². The number of benzene rings is 1. The van der Waals surface area contributed by atoms with E-state index in [0.29, 0.717) is 18.7 Å². The zero-order valence-electron chi connectivity index (χ0n) is 14.6. The quantitative estimate of drug-likeness (QED) is 0.876. The average Bonchev–Trinajstić information content (AvgIpc) is 2.91. The summed E-state index contributed by atoms with van der Waals surface area (Å²) in [6, 6.07) is 7.00. The van der Waals surface area contributed by atoms with Crippen LogP contribution in [-0.2, 0) is 6.54 Å². The third kappa shape index (κ3) is 3.87. The Morgan fingerprint density at radius 2 is 2.04 bits per heavy atom. The highest BCUT2D eigenvalue weighted by Gasteiger charge is 2.29. The van der Waals surface area contributed by atoms with Crippen LogP contribution >= 0.6 is 0 Å². The molecule has 0 amide bonds. The minimum absolute atomic E-state index is 0.359. The number of piperidine rings is 1. The molecule has 2 N–H and O–H groups in total. The average molecular weight is 317 g/mol. The maximum absolute atomic E-state index is 6.25. The molecule has 0 aliphatic carbocycles. The van der Waals surface area contributed by atoms with Crippen LogP contribution in [0.1, 0.15) is 49.8 Å². The molecule has 4 nitrogen and oxygen atoms in total. The van der Waals surface area contributed by atoms with Gasteiger partial charge in [-0.25, -0.2) is 0 Å². The SMILES string of the molecule is CCCCN1Cc2ccc(OC3CCN(C)CC3)cc2C1CN. The maximum Gasteiger partial charge on any atom is 0.120 e. The summed E-state index contributed by atoms with van der Waals surface area (Å²) in [6.07, 6.45) is 5.07. The standard InChI is InChI=1S/C19H31N3O/c1-3-4-9-22-14-15-5-6-17(12-18(15)19(22)13-20)23-16-7-10-21(2)11-8-16/h5-6,12,16,19H,3-4,7-11,13-14,20H2,1-2H3. The molecule has 0 spiro atoms. The van der Waals surface area contributed by atoms with Gasteiger partial charge in [0.2, 0.25) is 0 Å². The van der Waals surface area contributed by atoms with Gasteiger partial charge < -0.3 is 15.4 Å². The molecule has 2 heterocycles. The van der Waals surface area contributed by atoms with Crippen molar-refractivity contribution in [2.45, 2.75) is 51.3 Å². The van der Waals surface area contributed by atoms with Crippen molar-refractivity contribution in [1.82, 2.24) is 9.80 Å². The molecule has 1 atom stereocenters. The molecule has 128 valence electrons. The summed E-state index contributed by atoms with van der Waals surface area (Å²) in [5.41, 5.74) is 8.88. The van der Waals surface area contributed by atoms with E-state index in [1.54, 1.807) is 0 Å². The third-order valence-corrected chi connectivity index (χ3v) is 5.28. The smallest absolute Gasteiger partial charge is 0.120 e. The first-order valence-electron chi connectivity index (χ1n) is 9.13. The number of nitrogens with zero attached hydrogens (tertiary/aromatic N) is 2. The molecule has 1 unspecified atom stereocenters. The van der Waals surface area contributed by atoms with Crippen LogP contribution in [0.25, 0.3) is 0 Å². The van der Waals surface area contributed by atoms with E-state index in [-0.39, 0.29) is 0 Å². The fourth-order valence-corrected chi connectivity index (χ4v) is 3.79. The summed E-state index contributed by atoms with van der Waals surface area (Å²) < 4.78 is 6.25. The molecule has 1 aromatic carbocycles. The lowest BCUT2D eigenvalue weighted by Crippen LogP contribution is -2.35. The normalized spacial score (nSPS) is 23.2. The highest BCUT2D eigenvalue weighted by atomic mass is 16.5. The summed E-state index contributed by atoms with van der Waals surface area (Å²) >= 11 is 0. The minimum atomic E-state index is 0.359. The van der Waals surface area contributed by atoms with E-state index in [1.807, 2.05) is 0 Å². The second-order valence-corrected chi connectivity index (χ2v) is 7.06. The van der Waals surface area contributed by atoms with Crippen LogP contribution in [0.3, 0.4) is 0 Å². The molecule has 1 aromatic rings. The fourth-order valence-electron chi connectivity index (χ4n) is 3.79. The maximum atomic E-state index is 6.25. The zero-order chi connectivity index (χ0) is 16.2. The monoisotopic (exact) mass is 317 g/mol. The number of rotatable bonds is 6. The molecule has 23 heavy (non-hydrogen) atoms. The van der Waals surface area contributed by atoms with Gasteiger partial charge in [-0.05, 0) is 56.1 Å². The van der Waals surface area contributed by atoms with Crippen LogP contribution in [0.15, 0.2) is 18.2 Å². The van der Waals surface area contributed by atoms with Crippen LogP contribution in [0.5, 0.6) is 5.75 Å². The fraction of sp³-hybridized carbons (Fsp3) is 0.684. The van der Waals surface area contributed by atoms with E-state index in [2.05, 4.69) is 42.0 Å². The lowest BCUT2D eigenvalue weighted by molar-refractivity contribution is 0.114. The largest absolute Gasteiger partial charge is 0.490 e. The second kappa shape index (κ2) is 7.65. The number of ether oxygens (including phenoxy) is 1. The number of nitrogens with two attached hydrogens (primary N) is 1. The Kier molecular flexibility index (Phi) is 5.57. The topological polar surface area (TPSA) is 41.7 Å². The number of fused-ring (bicyclic) bond motifs is 1. The van der Waals surface area contributed by atoms with Crippen molar-refractivity contribution >= 4 is 0 Å². The van der Waals surface area contributed by atoms with E-state index < -0.39 is 0 Å². The Labute approximate surface area is 140 Å². The molecule has 0 bridgehead atoms. The van der Waals surface area contributed by atoms with Crippen molar-refractivity contribution in [1.29, 1.82) is 0 Å². The Balaban J connectivity index is 1.68. The summed E-state index contributed by atoms with van der Waals surface area (Å²) in [6.45, 7) is 7.37. The summed E-state index contributed by atoms with van der Waals surface area (Å²) in [7, 11) is 2.18. The predicted molar refractivity (Wildman–Crippen MR) is 94.7 cm³/mol. The minimum Gasteiger partial charge on any atom is -0.490 e. The summed E-state index contributed by atoms with van der Waals surface area (Å²) in [5, 5.41) is 0. The lowest BCUT2D eigenvalue weighted by atomic mass is 10.0. The van der Waals surface area contributed by atoms with Crippen molar-refractivity contribution in [2.24, 2.45) is 5.73 Å². The van der Waals surface area contributed by atoms with Gasteiger partial charge in [0.1, 0.15) is 11.9 Å². The van der Waals surface area contributed by atoms with Gasteiger partial charge in [-0.2, -0.15) is 0 Å². The Hall–Kier alpha value is -1.10. The van der Waals surface area contributed by atoms with Gasteiger partial charge >= 0.3 is 0 Å². The Bertz CT molecular complexity index is 511. The van der Waals surface area contributed by atoms with Crippen LogP contribution in [0.2, 0.25) is 0 Å². The van der Waals surface area contributed by atoms with Gasteiger partial charge in [-0.1, -0.05) is 19.4 Å². The number of unbranched alkanes of at least 4 members (excludes halogenated alkanes) is 1. The molecule has 0 aromatic heterocycles. The third-order valence-electron chi connectivity index (χ3n) is 5.28. The van der Waals surface area contributed by atoms with E-state index in [1.165, 1.54) is 24.0 Å². The van der Waals surface area contributed by atoms with Gasteiger partial charge in [0.15, 0.2) is 0 Å². The van der Waals surface area contributed by atoms with Crippen molar-refractivity contribution < 1.29 is 4.74 Å². The number of hydrogen-bond acceptors (Lipinski definition) is 4. The molecule has 2 aliphatic heterocycles. The molecule has 2 aliphatic rings. The number of likely N-dealkylation sites (tertiary alicyclic amines) is 1. The molecule has 0 saturated carbocycles. The van der Waals surface area contributed by atoms with Crippen molar-refractivity contribution in [3.8, 4) is 5.75 Å². The molecule has 4 heteroatoms. The first kappa shape index (κ1) is 16.7. The summed E-state index contributed by atoms with van der Waals surface area (Å²) in [5.74, 6) is 1.02. The highest BCUT2D eigenvalue weighted by molar-refractivity contribution is 5.41. The van der Waals surface area contributed by atoms with Crippen LogP contribution in [0, 0.1) is 0 Å². The van der Waals surface area contributed by atoms with Gasteiger partial charge in [0.05, 0.1) is 0 Å². The molecule has 3 rings (SSSR count). The van der Waals surface area contributed by atoms with E-state index in [0.717, 1.165) is 44.8 Å². The molecular weight excluding hydrogens is 286 g/mol. The van der Waals surface area contributed by atoms with E-state index >= 15 is 0 Å². The summed E-state index contributed by atoms with van der Waals surface area (Å²) in [4.78, 5) is 4.89. The predicted octanol–water partition coefficient (Wildman–Crippen LogP) is 2.78. The van der Waals surface area contributed by atoms with Gasteiger partial charge in [-0.3, -0.25) is 4.90 Å². The van der Waals surface area contributed by atoms with Crippen LogP contribution < -0.4 is 10.5 Å². The van der Waals surface area contributed by atoms with Gasteiger partial charge in [0, 0.05) is 32.2 Å². The van der Waals surface area contributed by atoms with Crippen LogP contribution in [0.4, 0.5) is 0 Å². The van der Waals surface area contributed by atoms with Crippen molar-refractivity contribution in [3.63, 3.8) is 0 Å². The van der Waals surface area contributed by atoms with Crippen molar-refractivity contribution in [2.75, 3.05) is 33.2 Å². The molecule has 1 saturated heterocycles. The first-order valence-corrected chi connectivity index (χ1v) is 9.13. The molecular formula is C19H31N3O. The van der Waals surface area contributed by atoms with Crippen molar-refractivity contribution in [3.05, 3.63) is 29.3 Å².